The van der Waals surface area contributed by atoms with Crippen LogP contribution in [0.2, 0.25) is 0 Å². The van der Waals surface area contributed by atoms with Crippen molar-refractivity contribution < 1.29 is 14.3 Å². The number of carbonyl (C=O) groups is 2. The van der Waals surface area contributed by atoms with Gasteiger partial charge in [0.2, 0.25) is 0 Å². The molecule has 0 spiro atoms. The fourth-order valence-corrected chi connectivity index (χ4v) is 2.33. The van der Waals surface area contributed by atoms with Crippen molar-refractivity contribution in [2.45, 2.75) is 31.4 Å². The maximum atomic E-state index is 11.9. The van der Waals surface area contributed by atoms with Crippen molar-refractivity contribution in [1.82, 2.24) is 4.90 Å². The lowest BCUT2D eigenvalue weighted by molar-refractivity contribution is -0.185. The van der Waals surface area contributed by atoms with Crippen LogP contribution in [0.3, 0.4) is 0 Å². The van der Waals surface area contributed by atoms with Gasteiger partial charge in [0.05, 0.1) is 5.33 Å². The van der Waals surface area contributed by atoms with E-state index in [1.807, 2.05) is 0 Å². The lowest BCUT2D eigenvalue weighted by Crippen LogP contribution is -2.60. The molecular formula is C9H12BrNO3. The minimum Gasteiger partial charge on any atom is -0.447 e. The van der Waals surface area contributed by atoms with Crippen molar-refractivity contribution in [1.29, 1.82) is 0 Å². The van der Waals surface area contributed by atoms with Gasteiger partial charge < -0.3 is 9.64 Å². The highest BCUT2D eigenvalue weighted by Crippen LogP contribution is 2.31. The van der Waals surface area contributed by atoms with Crippen molar-refractivity contribution >= 4 is 27.8 Å². The highest BCUT2D eigenvalue weighted by molar-refractivity contribution is 9.09. The normalized spacial score (nSPS) is 37.0. The SMILES string of the molecule is C[C@]1(CBr)OC(=O)C2CCCN2C1=O. The Balaban J connectivity index is 2.29. The number of morpholine rings is 1. The number of carbonyl (C=O) groups excluding carboxylic acids is 2. The lowest BCUT2D eigenvalue weighted by atomic mass is 10.0. The van der Waals surface area contributed by atoms with Crippen LogP contribution in [0.4, 0.5) is 0 Å². The number of hydrogen-bond donors (Lipinski definition) is 0. The van der Waals surface area contributed by atoms with E-state index in [-0.39, 0.29) is 17.9 Å². The Morgan fingerprint density at radius 1 is 1.64 bits per heavy atom. The lowest BCUT2D eigenvalue weighted by Gasteiger charge is -2.39. The molecule has 1 unspecified atom stereocenters. The van der Waals surface area contributed by atoms with Gasteiger partial charge in [-0.2, -0.15) is 0 Å². The Morgan fingerprint density at radius 2 is 2.36 bits per heavy atom. The second-order valence-corrected chi connectivity index (χ2v) is 4.50. The molecule has 14 heavy (non-hydrogen) atoms. The minimum atomic E-state index is -1.00. The van der Waals surface area contributed by atoms with Gasteiger partial charge in [-0.3, -0.25) is 4.79 Å². The number of amides is 1. The first-order valence-corrected chi connectivity index (χ1v) is 5.80. The zero-order valence-corrected chi connectivity index (χ0v) is 9.54. The van der Waals surface area contributed by atoms with Gasteiger partial charge in [0, 0.05) is 6.54 Å². The monoisotopic (exact) mass is 261 g/mol. The summed E-state index contributed by atoms with van der Waals surface area (Å²) in [5.74, 6) is -0.333. The summed E-state index contributed by atoms with van der Waals surface area (Å²) in [6.45, 7) is 2.33. The zero-order chi connectivity index (χ0) is 10.3. The van der Waals surface area contributed by atoms with Crippen molar-refractivity contribution in [3.63, 3.8) is 0 Å². The number of nitrogens with zero attached hydrogens (tertiary/aromatic N) is 1. The molecule has 0 aromatic carbocycles. The van der Waals surface area contributed by atoms with Crippen LogP contribution in [-0.4, -0.2) is 40.3 Å². The average Bonchev–Trinajstić information content (AvgIpc) is 2.63. The number of esters is 1. The van der Waals surface area contributed by atoms with Crippen molar-refractivity contribution in [2.75, 3.05) is 11.9 Å². The van der Waals surface area contributed by atoms with Gasteiger partial charge in [-0.25, -0.2) is 4.79 Å². The predicted octanol–water partition coefficient (Wildman–Crippen LogP) is 0.688. The van der Waals surface area contributed by atoms with Crippen LogP contribution in [0.25, 0.3) is 0 Å². The topological polar surface area (TPSA) is 46.6 Å². The van der Waals surface area contributed by atoms with Crippen LogP contribution in [-0.2, 0) is 14.3 Å². The maximum Gasteiger partial charge on any atom is 0.329 e. The molecule has 2 fully saturated rings. The molecule has 2 aliphatic rings. The second kappa shape index (κ2) is 3.22. The summed E-state index contributed by atoms with van der Waals surface area (Å²) in [7, 11) is 0. The van der Waals surface area contributed by atoms with Crippen molar-refractivity contribution in [2.24, 2.45) is 0 Å². The van der Waals surface area contributed by atoms with Crippen molar-refractivity contribution in [3.8, 4) is 0 Å². The van der Waals surface area contributed by atoms with Gasteiger partial charge >= 0.3 is 5.97 Å². The third kappa shape index (κ3) is 1.26. The van der Waals surface area contributed by atoms with Crippen molar-refractivity contribution in [3.05, 3.63) is 0 Å². The number of ether oxygens (including phenoxy) is 1. The number of alkyl halides is 1. The summed E-state index contributed by atoms with van der Waals surface area (Å²) in [5.41, 5.74) is -1.00. The van der Waals surface area contributed by atoms with E-state index in [9.17, 15) is 9.59 Å². The average molecular weight is 262 g/mol. The molecule has 5 heteroatoms. The molecule has 2 rings (SSSR count). The minimum absolute atomic E-state index is 0.0727. The Bertz CT molecular complexity index is 294. The number of hydrogen-bond acceptors (Lipinski definition) is 3. The highest BCUT2D eigenvalue weighted by atomic mass is 79.9. The Labute approximate surface area is 90.7 Å². The summed E-state index contributed by atoms with van der Waals surface area (Å²) in [6, 6.07) is -0.324. The molecule has 78 valence electrons. The molecule has 0 bridgehead atoms. The summed E-state index contributed by atoms with van der Waals surface area (Å²) in [4.78, 5) is 25.1. The van der Waals surface area contributed by atoms with Crippen LogP contribution in [0.5, 0.6) is 0 Å². The molecule has 0 aromatic heterocycles. The molecule has 2 saturated heterocycles. The van der Waals surface area contributed by atoms with E-state index in [2.05, 4.69) is 15.9 Å². The molecule has 0 N–H and O–H groups in total. The van der Waals surface area contributed by atoms with E-state index in [1.165, 1.54) is 0 Å². The summed E-state index contributed by atoms with van der Waals surface area (Å²) < 4.78 is 5.17. The van der Waals surface area contributed by atoms with Crippen LogP contribution in [0.1, 0.15) is 19.8 Å². The van der Waals surface area contributed by atoms with Gasteiger partial charge in [-0.05, 0) is 19.8 Å². The zero-order valence-electron chi connectivity index (χ0n) is 7.96. The number of cyclic esters (lactones) is 1. The third-order valence-electron chi connectivity index (χ3n) is 2.82. The third-order valence-corrected chi connectivity index (χ3v) is 3.89. The summed E-state index contributed by atoms with van der Waals surface area (Å²) in [5, 5.41) is 0.355. The molecule has 0 radical (unpaired) electrons. The first kappa shape index (κ1) is 9.96. The van der Waals surface area contributed by atoms with Crippen LogP contribution < -0.4 is 0 Å². The van der Waals surface area contributed by atoms with Gasteiger partial charge in [-0.1, -0.05) is 15.9 Å². The summed E-state index contributed by atoms with van der Waals surface area (Å²) in [6.07, 6.45) is 1.63. The standard InChI is InChI=1S/C9H12BrNO3/c1-9(5-10)8(13)11-4-2-3-6(11)7(12)14-9/h6H,2-5H2,1H3/t6?,9-/m1/s1. The van der Waals surface area contributed by atoms with E-state index >= 15 is 0 Å². The molecule has 4 nitrogen and oxygen atoms in total. The first-order valence-electron chi connectivity index (χ1n) is 4.68. The van der Waals surface area contributed by atoms with E-state index in [0.29, 0.717) is 11.9 Å². The van der Waals surface area contributed by atoms with Gasteiger partial charge in [-0.15, -0.1) is 0 Å². The molecule has 0 aliphatic carbocycles. The van der Waals surface area contributed by atoms with Gasteiger partial charge in [0.1, 0.15) is 6.04 Å². The van der Waals surface area contributed by atoms with E-state index in [1.54, 1.807) is 11.8 Å². The molecule has 2 aliphatic heterocycles. The highest BCUT2D eigenvalue weighted by Gasteiger charge is 2.51. The number of rotatable bonds is 1. The Morgan fingerprint density at radius 3 is 3.00 bits per heavy atom. The quantitative estimate of drug-likeness (QED) is 0.516. The molecule has 0 saturated carbocycles. The van der Waals surface area contributed by atoms with Crippen LogP contribution in [0, 0.1) is 0 Å². The second-order valence-electron chi connectivity index (χ2n) is 3.94. The Kier molecular flexibility index (Phi) is 2.29. The maximum absolute atomic E-state index is 11.9. The van der Waals surface area contributed by atoms with Gasteiger partial charge in [0.25, 0.3) is 5.91 Å². The van der Waals surface area contributed by atoms with Crippen LogP contribution in [0.15, 0.2) is 0 Å². The number of halogens is 1. The van der Waals surface area contributed by atoms with E-state index in [0.717, 1.165) is 12.8 Å². The van der Waals surface area contributed by atoms with E-state index in [4.69, 9.17) is 4.74 Å². The van der Waals surface area contributed by atoms with E-state index < -0.39 is 5.60 Å². The Hall–Kier alpha value is -0.580. The predicted molar refractivity (Wildman–Crippen MR) is 53.0 cm³/mol. The molecule has 1 amide bonds. The molecular weight excluding hydrogens is 250 g/mol. The first-order chi connectivity index (χ1) is 6.58. The van der Waals surface area contributed by atoms with Crippen LogP contribution >= 0.6 is 15.9 Å². The smallest absolute Gasteiger partial charge is 0.329 e. The molecule has 2 atom stereocenters. The summed E-state index contributed by atoms with van der Waals surface area (Å²) >= 11 is 3.21. The van der Waals surface area contributed by atoms with Gasteiger partial charge in [0.15, 0.2) is 5.60 Å². The molecule has 2 heterocycles. The fraction of sp³-hybridized carbons (Fsp3) is 0.778. The molecule has 0 aromatic rings. The fourth-order valence-electron chi connectivity index (χ4n) is 1.98. The largest absolute Gasteiger partial charge is 0.447 e. The number of fused-ring (bicyclic) bond motifs is 1.